The minimum Gasteiger partial charge on any atom is -0.483 e. The van der Waals surface area contributed by atoms with Crippen molar-refractivity contribution in [2.45, 2.75) is 58.4 Å². The first kappa shape index (κ1) is 20.7. The summed E-state index contributed by atoms with van der Waals surface area (Å²) in [5.41, 5.74) is 5.35. The lowest BCUT2D eigenvalue weighted by molar-refractivity contribution is -0.148. The van der Waals surface area contributed by atoms with Gasteiger partial charge >= 0.3 is 0 Å². The van der Waals surface area contributed by atoms with Crippen LogP contribution in [0.15, 0.2) is 24.3 Å². The van der Waals surface area contributed by atoms with E-state index in [1.165, 1.54) is 19.3 Å². The van der Waals surface area contributed by atoms with Gasteiger partial charge in [0.2, 0.25) is 5.91 Å². The third-order valence-electron chi connectivity index (χ3n) is 7.04. The van der Waals surface area contributed by atoms with Gasteiger partial charge in [-0.05, 0) is 81.8 Å². The van der Waals surface area contributed by atoms with E-state index in [4.69, 9.17) is 4.74 Å². The van der Waals surface area contributed by atoms with E-state index in [9.17, 15) is 14.4 Å². The van der Waals surface area contributed by atoms with Crippen LogP contribution in [0.5, 0.6) is 5.75 Å². The largest absolute Gasteiger partial charge is 0.483 e. The van der Waals surface area contributed by atoms with Crippen LogP contribution in [-0.2, 0) is 14.4 Å². The summed E-state index contributed by atoms with van der Waals surface area (Å²) >= 11 is 0. The number of para-hydroxylation sites is 1. The average Bonchev–Trinajstić information content (AvgIpc) is 2.70. The van der Waals surface area contributed by atoms with Gasteiger partial charge in [-0.15, -0.1) is 0 Å². The summed E-state index contributed by atoms with van der Waals surface area (Å²) in [6.07, 6.45) is 6.64. The first-order chi connectivity index (χ1) is 14.3. The van der Waals surface area contributed by atoms with Crippen LogP contribution in [0.2, 0.25) is 0 Å². The van der Waals surface area contributed by atoms with Gasteiger partial charge in [0.25, 0.3) is 11.8 Å². The second kappa shape index (κ2) is 8.28. The third-order valence-corrected chi connectivity index (χ3v) is 7.04. The lowest BCUT2D eigenvalue weighted by Crippen LogP contribution is -2.58. The van der Waals surface area contributed by atoms with Crippen LogP contribution < -0.4 is 20.9 Å². The molecular weight excluding hydrogens is 382 g/mol. The highest BCUT2D eigenvalue weighted by Crippen LogP contribution is 2.60. The number of nitrogens with one attached hydrogen (secondary N) is 3. The molecule has 4 aliphatic rings. The molecule has 1 atom stereocenters. The molecule has 7 nitrogen and oxygen atoms in total. The molecule has 0 aromatic heterocycles. The molecule has 5 rings (SSSR count). The van der Waals surface area contributed by atoms with Crippen LogP contribution in [0.3, 0.4) is 0 Å². The summed E-state index contributed by atoms with van der Waals surface area (Å²) in [5, 5.41) is 2.89. The van der Waals surface area contributed by atoms with Crippen LogP contribution in [-0.4, -0.2) is 30.4 Å². The fourth-order valence-corrected chi connectivity index (χ4v) is 5.94. The summed E-state index contributed by atoms with van der Waals surface area (Å²) in [4.78, 5) is 37.4. The maximum absolute atomic E-state index is 13.0. The van der Waals surface area contributed by atoms with E-state index < -0.39 is 17.9 Å². The molecule has 0 radical (unpaired) electrons. The quantitative estimate of drug-likeness (QED) is 0.623. The SMILES string of the molecule is Cc1ccccc1OCC(=O)NNC(=O)[C@H](C)NC(=O)C12CC3CC(CC(C3)C1)C2. The van der Waals surface area contributed by atoms with E-state index >= 15 is 0 Å². The van der Waals surface area contributed by atoms with Gasteiger partial charge in [0.05, 0.1) is 0 Å². The topological polar surface area (TPSA) is 96.5 Å². The molecule has 7 heteroatoms. The van der Waals surface area contributed by atoms with E-state index in [2.05, 4.69) is 16.2 Å². The number of carbonyl (C=O) groups is 3. The van der Waals surface area contributed by atoms with Crippen molar-refractivity contribution in [3.63, 3.8) is 0 Å². The standard InChI is InChI=1S/C23H31N3O4/c1-14-5-3-4-6-19(14)30-13-20(27)25-26-21(28)15(2)24-22(29)23-10-16-7-17(11-23)9-18(8-16)12-23/h3-6,15-18H,7-13H2,1-2H3,(H,24,29)(H,25,27)(H,26,28)/t15-,16?,17?,18?,23?/m0/s1. The van der Waals surface area contributed by atoms with Gasteiger partial charge in [0, 0.05) is 5.41 Å². The second-order valence-electron chi connectivity index (χ2n) is 9.48. The Morgan fingerprint density at radius 2 is 1.63 bits per heavy atom. The van der Waals surface area contributed by atoms with Crippen LogP contribution in [0, 0.1) is 30.1 Å². The zero-order valence-electron chi connectivity index (χ0n) is 17.7. The molecule has 3 N–H and O–H groups in total. The Hall–Kier alpha value is -2.57. The van der Waals surface area contributed by atoms with E-state index in [1.807, 2.05) is 25.1 Å². The highest BCUT2D eigenvalue weighted by atomic mass is 16.5. The Kier molecular flexibility index (Phi) is 5.71. The number of benzene rings is 1. The summed E-state index contributed by atoms with van der Waals surface area (Å²) in [6, 6.07) is 6.67. The van der Waals surface area contributed by atoms with Gasteiger partial charge in [-0.2, -0.15) is 0 Å². The Labute approximate surface area is 177 Å². The van der Waals surface area contributed by atoms with Crippen molar-refractivity contribution in [1.82, 2.24) is 16.2 Å². The van der Waals surface area contributed by atoms with Crippen molar-refractivity contribution >= 4 is 17.7 Å². The number of hydrogen-bond acceptors (Lipinski definition) is 4. The van der Waals surface area contributed by atoms with Crippen molar-refractivity contribution in [1.29, 1.82) is 0 Å². The molecule has 1 aromatic carbocycles. The number of carbonyl (C=O) groups excluding carboxylic acids is 3. The predicted octanol–water partition coefficient (Wildman–Crippen LogP) is 2.24. The highest BCUT2D eigenvalue weighted by Gasteiger charge is 2.54. The molecule has 4 bridgehead atoms. The number of hydrazine groups is 1. The van der Waals surface area contributed by atoms with Crippen LogP contribution in [0.4, 0.5) is 0 Å². The molecule has 4 fully saturated rings. The molecule has 3 amide bonds. The highest BCUT2D eigenvalue weighted by molar-refractivity contribution is 5.91. The van der Waals surface area contributed by atoms with Gasteiger partial charge in [0.1, 0.15) is 11.8 Å². The van der Waals surface area contributed by atoms with Gasteiger partial charge in [-0.1, -0.05) is 18.2 Å². The smallest absolute Gasteiger partial charge is 0.276 e. The van der Waals surface area contributed by atoms with Crippen molar-refractivity contribution in [3.05, 3.63) is 29.8 Å². The molecular formula is C23H31N3O4. The molecule has 30 heavy (non-hydrogen) atoms. The minimum atomic E-state index is -0.719. The molecule has 1 aromatic rings. The number of ether oxygens (including phenoxy) is 1. The zero-order chi connectivity index (χ0) is 21.3. The molecule has 4 saturated carbocycles. The lowest BCUT2D eigenvalue weighted by Gasteiger charge is -2.55. The maximum atomic E-state index is 13.0. The molecule has 0 saturated heterocycles. The average molecular weight is 414 g/mol. The van der Waals surface area contributed by atoms with Crippen LogP contribution in [0.1, 0.15) is 51.0 Å². The first-order valence-electron chi connectivity index (χ1n) is 10.9. The fraction of sp³-hybridized carbons (Fsp3) is 0.609. The number of amides is 3. The molecule has 0 aliphatic heterocycles. The predicted molar refractivity (Wildman–Crippen MR) is 111 cm³/mol. The van der Waals surface area contributed by atoms with Crippen molar-refractivity contribution in [3.8, 4) is 5.75 Å². The third kappa shape index (κ3) is 4.30. The number of hydrogen-bond donors (Lipinski definition) is 3. The summed E-state index contributed by atoms with van der Waals surface area (Å²) in [7, 11) is 0. The normalized spacial score (nSPS) is 29.7. The number of rotatable bonds is 6. The minimum absolute atomic E-state index is 0.00142. The molecule has 0 unspecified atom stereocenters. The molecule has 0 spiro atoms. The van der Waals surface area contributed by atoms with Gasteiger partial charge in [-0.25, -0.2) is 0 Å². The summed E-state index contributed by atoms with van der Waals surface area (Å²) in [6.45, 7) is 3.33. The molecule has 0 heterocycles. The second-order valence-corrected chi connectivity index (χ2v) is 9.48. The molecule has 162 valence electrons. The number of aryl methyl sites for hydroxylation is 1. The van der Waals surface area contributed by atoms with E-state index in [1.54, 1.807) is 13.0 Å². The monoisotopic (exact) mass is 413 g/mol. The van der Waals surface area contributed by atoms with E-state index in [0.29, 0.717) is 23.5 Å². The Bertz CT molecular complexity index is 802. The first-order valence-corrected chi connectivity index (χ1v) is 10.9. The lowest BCUT2D eigenvalue weighted by atomic mass is 9.49. The Balaban J connectivity index is 1.23. The van der Waals surface area contributed by atoms with Crippen LogP contribution in [0.25, 0.3) is 0 Å². The summed E-state index contributed by atoms with van der Waals surface area (Å²) < 4.78 is 5.46. The van der Waals surface area contributed by atoms with Gasteiger partial charge < -0.3 is 10.1 Å². The van der Waals surface area contributed by atoms with Gasteiger partial charge in [0.15, 0.2) is 6.61 Å². The van der Waals surface area contributed by atoms with Crippen molar-refractivity contribution in [2.24, 2.45) is 23.2 Å². The van der Waals surface area contributed by atoms with Crippen molar-refractivity contribution in [2.75, 3.05) is 6.61 Å². The van der Waals surface area contributed by atoms with Crippen LogP contribution >= 0.6 is 0 Å². The zero-order valence-corrected chi connectivity index (χ0v) is 17.7. The summed E-state index contributed by atoms with van der Waals surface area (Å²) in [5.74, 6) is 1.70. The van der Waals surface area contributed by atoms with Gasteiger partial charge in [-0.3, -0.25) is 25.2 Å². The van der Waals surface area contributed by atoms with E-state index in [-0.39, 0.29) is 17.9 Å². The Morgan fingerprint density at radius 3 is 2.23 bits per heavy atom. The fourth-order valence-electron chi connectivity index (χ4n) is 5.94. The van der Waals surface area contributed by atoms with Crippen molar-refractivity contribution < 1.29 is 19.1 Å². The Morgan fingerprint density at radius 1 is 1.03 bits per heavy atom. The van der Waals surface area contributed by atoms with E-state index in [0.717, 1.165) is 24.8 Å². The maximum Gasteiger partial charge on any atom is 0.276 e. The molecule has 4 aliphatic carbocycles.